The standard InChI is InChI=1S/C18H36N2/c1-13(2)17-9-8-14(3)11-18(17)20-15(4)12-16-7-5-6-10-19-16/h13-20H,5-12H2,1-4H3. The molecule has 0 spiro atoms. The zero-order valence-electron chi connectivity index (χ0n) is 14.1. The predicted octanol–water partition coefficient (Wildman–Crippen LogP) is 3.96. The van der Waals surface area contributed by atoms with Gasteiger partial charge in [-0.2, -0.15) is 0 Å². The van der Waals surface area contributed by atoms with Crippen LogP contribution in [0.3, 0.4) is 0 Å². The SMILES string of the molecule is CC1CCC(C(C)C)C(NC(C)CC2CCCCN2)C1. The molecule has 1 aliphatic carbocycles. The third-order valence-electron chi connectivity index (χ3n) is 5.57. The maximum absolute atomic E-state index is 3.99. The minimum Gasteiger partial charge on any atom is -0.314 e. The summed E-state index contributed by atoms with van der Waals surface area (Å²) in [5, 5.41) is 7.68. The highest BCUT2D eigenvalue weighted by Crippen LogP contribution is 2.33. The molecule has 1 heterocycles. The molecule has 0 radical (unpaired) electrons. The Labute approximate surface area is 126 Å². The normalized spacial score (nSPS) is 37.0. The van der Waals surface area contributed by atoms with E-state index >= 15 is 0 Å². The fourth-order valence-corrected chi connectivity index (χ4v) is 4.38. The Balaban J connectivity index is 1.82. The molecule has 5 atom stereocenters. The molecule has 20 heavy (non-hydrogen) atoms. The third-order valence-corrected chi connectivity index (χ3v) is 5.57. The fourth-order valence-electron chi connectivity index (χ4n) is 4.38. The molecule has 0 aromatic rings. The van der Waals surface area contributed by atoms with Crippen LogP contribution in [0.1, 0.15) is 72.6 Å². The summed E-state index contributed by atoms with van der Waals surface area (Å²) in [6.07, 6.45) is 9.69. The van der Waals surface area contributed by atoms with Gasteiger partial charge in [0.1, 0.15) is 0 Å². The summed E-state index contributed by atoms with van der Waals surface area (Å²) >= 11 is 0. The molecule has 0 bridgehead atoms. The van der Waals surface area contributed by atoms with Crippen molar-refractivity contribution in [3.63, 3.8) is 0 Å². The van der Waals surface area contributed by atoms with E-state index in [2.05, 4.69) is 38.3 Å². The minimum atomic E-state index is 0.655. The highest BCUT2D eigenvalue weighted by atomic mass is 15.0. The van der Waals surface area contributed by atoms with Crippen molar-refractivity contribution in [3.8, 4) is 0 Å². The average Bonchev–Trinajstić information content (AvgIpc) is 2.39. The van der Waals surface area contributed by atoms with Crippen LogP contribution >= 0.6 is 0 Å². The third kappa shape index (κ3) is 4.73. The minimum absolute atomic E-state index is 0.655. The molecule has 0 amide bonds. The lowest BCUT2D eigenvalue weighted by Gasteiger charge is -2.40. The molecule has 2 fully saturated rings. The Bertz CT molecular complexity index is 271. The van der Waals surface area contributed by atoms with Crippen molar-refractivity contribution < 1.29 is 0 Å². The van der Waals surface area contributed by atoms with E-state index in [-0.39, 0.29) is 0 Å². The van der Waals surface area contributed by atoms with Gasteiger partial charge in [0.25, 0.3) is 0 Å². The van der Waals surface area contributed by atoms with Gasteiger partial charge in [0.2, 0.25) is 0 Å². The maximum Gasteiger partial charge on any atom is 0.0103 e. The van der Waals surface area contributed by atoms with Crippen molar-refractivity contribution in [2.24, 2.45) is 17.8 Å². The zero-order valence-corrected chi connectivity index (χ0v) is 14.1. The topological polar surface area (TPSA) is 24.1 Å². The van der Waals surface area contributed by atoms with Crippen LogP contribution in [0.25, 0.3) is 0 Å². The highest BCUT2D eigenvalue weighted by molar-refractivity contribution is 4.88. The average molecular weight is 280 g/mol. The molecule has 2 nitrogen and oxygen atoms in total. The first-order chi connectivity index (χ1) is 9.56. The van der Waals surface area contributed by atoms with E-state index in [0.717, 1.165) is 29.8 Å². The van der Waals surface area contributed by atoms with Crippen LogP contribution in [0.5, 0.6) is 0 Å². The zero-order chi connectivity index (χ0) is 14.5. The molecular weight excluding hydrogens is 244 g/mol. The van der Waals surface area contributed by atoms with Gasteiger partial charge in [0.15, 0.2) is 0 Å². The lowest BCUT2D eigenvalue weighted by molar-refractivity contribution is 0.156. The number of piperidine rings is 1. The lowest BCUT2D eigenvalue weighted by Crippen LogP contribution is -2.48. The molecule has 1 aliphatic heterocycles. The van der Waals surface area contributed by atoms with Crippen LogP contribution in [0.4, 0.5) is 0 Å². The number of rotatable bonds is 5. The van der Waals surface area contributed by atoms with Crippen molar-refractivity contribution in [3.05, 3.63) is 0 Å². The molecule has 118 valence electrons. The number of nitrogens with one attached hydrogen (secondary N) is 2. The van der Waals surface area contributed by atoms with Crippen molar-refractivity contribution in [2.75, 3.05) is 6.54 Å². The summed E-state index contributed by atoms with van der Waals surface area (Å²) in [7, 11) is 0. The van der Waals surface area contributed by atoms with Crippen LogP contribution in [0.15, 0.2) is 0 Å². The van der Waals surface area contributed by atoms with Gasteiger partial charge in [-0.1, -0.05) is 33.6 Å². The Morgan fingerprint density at radius 3 is 2.55 bits per heavy atom. The van der Waals surface area contributed by atoms with Crippen molar-refractivity contribution in [1.82, 2.24) is 10.6 Å². The monoisotopic (exact) mass is 280 g/mol. The van der Waals surface area contributed by atoms with E-state index in [1.54, 1.807) is 0 Å². The summed E-state index contributed by atoms with van der Waals surface area (Å²) in [6.45, 7) is 10.9. The van der Waals surface area contributed by atoms with Gasteiger partial charge in [-0.05, 0) is 63.3 Å². The summed E-state index contributed by atoms with van der Waals surface area (Å²) in [5.74, 6) is 2.61. The van der Waals surface area contributed by atoms with Crippen LogP contribution in [0, 0.1) is 17.8 Å². The van der Waals surface area contributed by atoms with Gasteiger partial charge in [0.05, 0.1) is 0 Å². The molecule has 2 heteroatoms. The van der Waals surface area contributed by atoms with Gasteiger partial charge in [-0.3, -0.25) is 0 Å². The molecule has 2 N–H and O–H groups in total. The molecule has 2 rings (SSSR count). The molecule has 2 aliphatic rings. The van der Waals surface area contributed by atoms with E-state index in [0.29, 0.717) is 6.04 Å². The summed E-state index contributed by atoms with van der Waals surface area (Å²) < 4.78 is 0. The molecule has 1 saturated carbocycles. The van der Waals surface area contributed by atoms with E-state index in [1.165, 1.54) is 51.5 Å². The first-order valence-corrected chi connectivity index (χ1v) is 9.05. The van der Waals surface area contributed by atoms with E-state index in [9.17, 15) is 0 Å². The van der Waals surface area contributed by atoms with Gasteiger partial charge in [0, 0.05) is 18.1 Å². The summed E-state index contributed by atoms with van der Waals surface area (Å²) in [6, 6.07) is 2.16. The molecule has 5 unspecified atom stereocenters. The fraction of sp³-hybridized carbons (Fsp3) is 1.00. The second-order valence-corrected chi connectivity index (χ2v) is 7.88. The van der Waals surface area contributed by atoms with Crippen LogP contribution < -0.4 is 10.6 Å². The first-order valence-electron chi connectivity index (χ1n) is 9.05. The van der Waals surface area contributed by atoms with Gasteiger partial charge in [-0.15, -0.1) is 0 Å². The lowest BCUT2D eigenvalue weighted by atomic mass is 9.73. The van der Waals surface area contributed by atoms with Gasteiger partial charge in [-0.25, -0.2) is 0 Å². The van der Waals surface area contributed by atoms with Crippen molar-refractivity contribution in [1.29, 1.82) is 0 Å². The first kappa shape index (κ1) is 16.3. The van der Waals surface area contributed by atoms with Gasteiger partial charge >= 0.3 is 0 Å². The molecule has 0 aromatic carbocycles. The molecule has 1 saturated heterocycles. The highest BCUT2D eigenvalue weighted by Gasteiger charge is 2.31. The van der Waals surface area contributed by atoms with E-state index in [4.69, 9.17) is 0 Å². The van der Waals surface area contributed by atoms with Gasteiger partial charge < -0.3 is 10.6 Å². The Kier molecular flexibility index (Phi) is 6.35. The van der Waals surface area contributed by atoms with Crippen LogP contribution in [-0.4, -0.2) is 24.7 Å². The van der Waals surface area contributed by atoms with Crippen molar-refractivity contribution in [2.45, 2.75) is 90.8 Å². The molecule has 0 aromatic heterocycles. The Morgan fingerprint density at radius 2 is 1.90 bits per heavy atom. The Hall–Kier alpha value is -0.0800. The van der Waals surface area contributed by atoms with E-state index in [1.807, 2.05) is 0 Å². The predicted molar refractivity (Wildman–Crippen MR) is 88.0 cm³/mol. The van der Waals surface area contributed by atoms with Crippen molar-refractivity contribution >= 4 is 0 Å². The summed E-state index contributed by atoms with van der Waals surface area (Å²) in [5.41, 5.74) is 0. The quantitative estimate of drug-likeness (QED) is 0.796. The molecular formula is C18H36N2. The Morgan fingerprint density at radius 1 is 1.10 bits per heavy atom. The second kappa shape index (κ2) is 7.79. The number of hydrogen-bond donors (Lipinski definition) is 2. The number of hydrogen-bond acceptors (Lipinski definition) is 2. The second-order valence-electron chi connectivity index (χ2n) is 7.88. The maximum atomic E-state index is 3.99. The van der Waals surface area contributed by atoms with Crippen LogP contribution in [-0.2, 0) is 0 Å². The largest absolute Gasteiger partial charge is 0.314 e. The van der Waals surface area contributed by atoms with E-state index < -0.39 is 0 Å². The van der Waals surface area contributed by atoms with Crippen LogP contribution in [0.2, 0.25) is 0 Å². The summed E-state index contributed by atoms with van der Waals surface area (Å²) in [4.78, 5) is 0. The smallest absolute Gasteiger partial charge is 0.0103 e.